The van der Waals surface area contributed by atoms with Crippen molar-refractivity contribution < 1.29 is 4.39 Å². The molecule has 0 heterocycles. The van der Waals surface area contributed by atoms with Crippen LogP contribution in [0.25, 0.3) is 66.4 Å². The maximum atomic E-state index is 14.1. The van der Waals surface area contributed by atoms with Crippen molar-refractivity contribution in [2.75, 3.05) is 4.90 Å². The minimum absolute atomic E-state index is 0.245. The molecule has 0 aliphatic heterocycles. The maximum absolute atomic E-state index is 14.1. The molecule has 0 fully saturated rings. The highest BCUT2D eigenvalue weighted by molar-refractivity contribution is 6.15. The number of benzene rings is 7. The van der Waals surface area contributed by atoms with Gasteiger partial charge in [-0.2, -0.15) is 0 Å². The molecule has 42 heavy (non-hydrogen) atoms. The van der Waals surface area contributed by atoms with Crippen molar-refractivity contribution in [3.8, 4) is 55.6 Å². The summed E-state index contributed by atoms with van der Waals surface area (Å²) < 4.78 is 14.1. The average Bonchev–Trinajstić information content (AvgIpc) is 3.15. The number of halogens is 1. The lowest BCUT2D eigenvalue weighted by Crippen LogP contribution is -2.10. The molecule has 2 aliphatic rings. The van der Waals surface area contributed by atoms with Crippen LogP contribution in [0.4, 0.5) is 21.5 Å². The number of hydrogen-bond donors (Lipinski definition) is 0. The van der Waals surface area contributed by atoms with E-state index in [1.807, 2.05) is 12.1 Å². The minimum atomic E-state index is -0.245. The van der Waals surface area contributed by atoms with E-state index in [0.29, 0.717) is 0 Å². The molecule has 7 aromatic carbocycles. The van der Waals surface area contributed by atoms with E-state index < -0.39 is 0 Å². The van der Waals surface area contributed by atoms with Crippen LogP contribution in [-0.4, -0.2) is 0 Å². The Morgan fingerprint density at radius 3 is 1.57 bits per heavy atom. The van der Waals surface area contributed by atoms with Crippen LogP contribution in [0, 0.1) is 5.82 Å². The van der Waals surface area contributed by atoms with E-state index in [0.717, 1.165) is 22.4 Å². The first-order valence-electron chi connectivity index (χ1n) is 14.3. The molecule has 196 valence electrons. The summed E-state index contributed by atoms with van der Waals surface area (Å²) in [5.41, 5.74) is 15.6. The molecule has 0 saturated carbocycles. The van der Waals surface area contributed by atoms with Gasteiger partial charge in [0.1, 0.15) is 5.82 Å². The van der Waals surface area contributed by atoms with Gasteiger partial charge in [0, 0.05) is 17.1 Å². The summed E-state index contributed by atoms with van der Waals surface area (Å²) in [5, 5.41) is 2.35. The molecule has 0 spiro atoms. The number of rotatable bonds is 3. The van der Waals surface area contributed by atoms with Gasteiger partial charge in [-0.05, 0) is 115 Å². The second kappa shape index (κ2) is 8.76. The Hall–Kier alpha value is -5.47. The van der Waals surface area contributed by atoms with Crippen LogP contribution in [0.1, 0.15) is 0 Å². The Labute approximate surface area is 243 Å². The summed E-state index contributed by atoms with van der Waals surface area (Å²) in [7, 11) is 0. The lowest BCUT2D eigenvalue weighted by atomic mass is 9.83. The van der Waals surface area contributed by atoms with E-state index in [1.165, 1.54) is 73.2 Å². The predicted molar refractivity (Wildman–Crippen MR) is 173 cm³/mol. The van der Waals surface area contributed by atoms with E-state index in [4.69, 9.17) is 0 Å². The second-order valence-electron chi connectivity index (χ2n) is 11.1. The molecule has 0 amide bonds. The molecule has 0 saturated heterocycles. The molecule has 0 N–H and O–H groups in total. The van der Waals surface area contributed by atoms with Crippen molar-refractivity contribution in [2.45, 2.75) is 0 Å². The zero-order valence-corrected chi connectivity index (χ0v) is 22.7. The summed E-state index contributed by atoms with van der Waals surface area (Å²) in [6.45, 7) is 0. The van der Waals surface area contributed by atoms with Crippen LogP contribution in [0.5, 0.6) is 0 Å². The van der Waals surface area contributed by atoms with Crippen LogP contribution in [-0.2, 0) is 0 Å². The van der Waals surface area contributed by atoms with E-state index in [1.54, 1.807) is 0 Å². The summed E-state index contributed by atoms with van der Waals surface area (Å²) in [4.78, 5) is 2.23. The second-order valence-corrected chi connectivity index (χ2v) is 11.1. The Kier molecular flexibility index (Phi) is 4.85. The third-order valence-electron chi connectivity index (χ3n) is 8.80. The first-order chi connectivity index (χ1) is 20.7. The Morgan fingerprint density at radius 1 is 0.333 bits per heavy atom. The lowest BCUT2D eigenvalue weighted by Gasteiger charge is -2.28. The highest BCUT2D eigenvalue weighted by atomic mass is 19.1. The summed E-state index contributed by atoms with van der Waals surface area (Å²) >= 11 is 0. The highest BCUT2D eigenvalue weighted by Crippen LogP contribution is 2.57. The highest BCUT2D eigenvalue weighted by Gasteiger charge is 2.31. The van der Waals surface area contributed by atoms with Gasteiger partial charge in [0.25, 0.3) is 0 Å². The molecular formula is C40H24FN. The van der Waals surface area contributed by atoms with Gasteiger partial charge < -0.3 is 4.90 Å². The topological polar surface area (TPSA) is 3.24 Å². The summed E-state index contributed by atoms with van der Waals surface area (Å²) in [6, 6.07) is 50.7. The van der Waals surface area contributed by atoms with Crippen LogP contribution in [0.15, 0.2) is 146 Å². The van der Waals surface area contributed by atoms with Crippen molar-refractivity contribution in [3.05, 3.63) is 151 Å². The fourth-order valence-corrected chi connectivity index (χ4v) is 6.98. The number of fused-ring (bicyclic) bond motifs is 5. The average molecular weight is 538 g/mol. The zero-order valence-electron chi connectivity index (χ0n) is 22.7. The van der Waals surface area contributed by atoms with Crippen molar-refractivity contribution in [3.63, 3.8) is 0 Å². The Morgan fingerprint density at radius 2 is 0.833 bits per heavy atom. The fraction of sp³-hybridized carbons (Fsp3) is 0. The molecule has 0 atom stereocenters. The SMILES string of the molecule is Fc1ccc(N(c2ccc3c(c2)-c2c4cccc2-c2cccc-3c2-c2ccccc2-4)c2ccc3ccccc3c2)cc1. The number of nitrogens with zero attached hydrogens (tertiary/aromatic N) is 1. The van der Waals surface area contributed by atoms with Crippen molar-refractivity contribution >= 4 is 27.8 Å². The minimum Gasteiger partial charge on any atom is -0.310 e. The standard InChI is InChI=1S/C40H24FN/c41-27-16-19-28(20-17-27)42(29-18-15-25-7-1-2-8-26(25)23-29)30-21-22-32-35-12-6-13-36-37-14-5-11-34(40(37)38(32)24-30)31-9-3-4-10-33(31)39(35)36/h1-24H. The molecule has 2 aliphatic carbocycles. The third kappa shape index (κ3) is 3.30. The van der Waals surface area contributed by atoms with Crippen molar-refractivity contribution in [2.24, 2.45) is 0 Å². The number of anilines is 3. The van der Waals surface area contributed by atoms with Gasteiger partial charge in [-0.3, -0.25) is 0 Å². The summed E-state index contributed by atoms with van der Waals surface area (Å²) in [5.74, 6) is -0.245. The first-order valence-corrected chi connectivity index (χ1v) is 14.3. The van der Waals surface area contributed by atoms with Gasteiger partial charge in [0.15, 0.2) is 0 Å². The van der Waals surface area contributed by atoms with Crippen LogP contribution in [0.3, 0.4) is 0 Å². The van der Waals surface area contributed by atoms with Crippen LogP contribution >= 0.6 is 0 Å². The molecule has 1 nitrogen and oxygen atoms in total. The molecule has 0 radical (unpaired) electrons. The fourth-order valence-electron chi connectivity index (χ4n) is 6.98. The maximum Gasteiger partial charge on any atom is 0.123 e. The largest absolute Gasteiger partial charge is 0.310 e. The molecular weight excluding hydrogens is 513 g/mol. The van der Waals surface area contributed by atoms with E-state index in [-0.39, 0.29) is 5.82 Å². The molecule has 2 heteroatoms. The monoisotopic (exact) mass is 537 g/mol. The van der Waals surface area contributed by atoms with Crippen LogP contribution in [0.2, 0.25) is 0 Å². The molecule has 0 aromatic heterocycles. The van der Waals surface area contributed by atoms with Crippen molar-refractivity contribution in [1.29, 1.82) is 0 Å². The normalized spacial score (nSPS) is 11.9. The van der Waals surface area contributed by atoms with Crippen LogP contribution < -0.4 is 4.90 Å². The smallest absolute Gasteiger partial charge is 0.123 e. The summed E-state index contributed by atoms with van der Waals surface area (Å²) in [6.07, 6.45) is 0. The van der Waals surface area contributed by atoms with Gasteiger partial charge in [0.05, 0.1) is 0 Å². The van der Waals surface area contributed by atoms with Gasteiger partial charge in [-0.25, -0.2) is 4.39 Å². The van der Waals surface area contributed by atoms with Gasteiger partial charge >= 0.3 is 0 Å². The Balaban J connectivity index is 1.34. The van der Waals surface area contributed by atoms with E-state index >= 15 is 0 Å². The van der Waals surface area contributed by atoms with Gasteiger partial charge in [0.2, 0.25) is 0 Å². The van der Waals surface area contributed by atoms with Crippen molar-refractivity contribution in [1.82, 2.24) is 0 Å². The molecule has 0 unspecified atom stereocenters. The Bertz CT molecular complexity index is 2190. The van der Waals surface area contributed by atoms with Gasteiger partial charge in [-0.15, -0.1) is 0 Å². The van der Waals surface area contributed by atoms with Gasteiger partial charge in [-0.1, -0.05) is 97.1 Å². The van der Waals surface area contributed by atoms with E-state index in [2.05, 4.69) is 126 Å². The molecule has 6 bridgehead atoms. The zero-order chi connectivity index (χ0) is 27.8. The third-order valence-corrected chi connectivity index (χ3v) is 8.80. The molecule has 7 aromatic rings. The van der Waals surface area contributed by atoms with E-state index in [9.17, 15) is 4.39 Å². The first kappa shape index (κ1) is 23.3. The molecule has 9 rings (SSSR count). The number of hydrogen-bond acceptors (Lipinski definition) is 1. The predicted octanol–water partition coefficient (Wildman–Crippen LogP) is 11.4. The quantitative estimate of drug-likeness (QED) is 0.217. The lowest BCUT2D eigenvalue weighted by molar-refractivity contribution is 0.628.